The molecule has 0 saturated carbocycles. The first kappa shape index (κ1) is 10.9. The monoisotopic (exact) mass is 194 g/mol. The quantitative estimate of drug-likeness (QED) is 0.723. The Balaban J connectivity index is 3.01. The largest absolute Gasteiger partial charge is 0.504 e. The second-order valence-electron chi connectivity index (χ2n) is 3.53. The fourth-order valence-corrected chi connectivity index (χ4v) is 1.63. The summed E-state index contributed by atoms with van der Waals surface area (Å²) >= 11 is 0. The minimum atomic E-state index is -0.00620. The molecule has 0 aliphatic heterocycles. The highest BCUT2D eigenvalue weighted by Gasteiger charge is 2.09. The third kappa shape index (κ3) is 2.19. The summed E-state index contributed by atoms with van der Waals surface area (Å²) < 4.78 is 0. The van der Waals surface area contributed by atoms with Gasteiger partial charge in [-0.1, -0.05) is 26.3 Å². The zero-order chi connectivity index (χ0) is 10.6. The van der Waals surface area contributed by atoms with Crippen LogP contribution in [0.15, 0.2) is 12.1 Å². The second-order valence-corrected chi connectivity index (χ2v) is 3.53. The van der Waals surface area contributed by atoms with Crippen molar-refractivity contribution in [1.29, 1.82) is 0 Å². The predicted molar refractivity (Wildman–Crippen MR) is 57.8 cm³/mol. The molecule has 0 heterocycles. The van der Waals surface area contributed by atoms with E-state index in [1.54, 1.807) is 6.07 Å². The van der Waals surface area contributed by atoms with Crippen LogP contribution in [0.4, 0.5) is 0 Å². The Bertz CT molecular complexity index is 305. The molecule has 2 heteroatoms. The van der Waals surface area contributed by atoms with E-state index in [9.17, 15) is 10.2 Å². The summed E-state index contributed by atoms with van der Waals surface area (Å²) in [5.41, 5.74) is 2.04. The number of hydrogen-bond donors (Lipinski definition) is 2. The lowest BCUT2D eigenvalue weighted by atomic mass is 9.99. The van der Waals surface area contributed by atoms with Crippen molar-refractivity contribution >= 4 is 0 Å². The minimum Gasteiger partial charge on any atom is -0.504 e. The van der Waals surface area contributed by atoms with E-state index < -0.39 is 0 Å². The maximum absolute atomic E-state index is 9.69. The van der Waals surface area contributed by atoms with Crippen LogP contribution < -0.4 is 0 Å². The number of rotatable bonds is 4. The average molecular weight is 194 g/mol. The third-order valence-corrected chi connectivity index (χ3v) is 2.52. The zero-order valence-electron chi connectivity index (χ0n) is 8.88. The van der Waals surface area contributed by atoms with Crippen LogP contribution in [0, 0.1) is 0 Å². The van der Waals surface area contributed by atoms with Gasteiger partial charge in [-0.15, -0.1) is 0 Å². The minimum absolute atomic E-state index is 0.00620. The number of aryl methyl sites for hydroxylation is 1. The summed E-state index contributed by atoms with van der Waals surface area (Å²) in [6, 6.07) is 3.45. The molecular formula is C12H18O2. The van der Waals surface area contributed by atoms with E-state index in [4.69, 9.17) is 0 Å². The van der Waals surface area contributed by atoms with Gasteiger partial charge in [0.1, 0.15) is 0 Å². The molecular weight excluding hydrogens is 176 g/mol. The van der Waals surface area contributed by atoms with E-state index in [0.717, 1.165) is 36.8 Å². The SMILES string of the molecule is CCCCc1c(CC)ccc(O)c1O. The fraction of sp³-hybridized carbons (Fsp3) is 0.500. The van der Waals surface area contributed by atoms with E-state index in [2.05, 4.69) is 13.8 Å². The highest BCUT2D eigenvalue weighted by atomic mass is 16.3. The van der Waals surface area contributed by atoms with Crippen LogP contribution in [-0.4, -0.2) is 10.2 Å². The summed E-state index contributed by atoms with van der Waals surface area (Å²) in [4.78, 5) is 0. The highest BCUT2D eigenvalue weighted by Crippen LogP contribution is 2.32. The molecule has 0 aliphatic carbocycles. The number of phenolic OH excluding ortho intramolecular Hbond substituents is 2. The molecule has 1 aromatic carbocycles. The molecule has 0 amide bonds. The van der Waals surface area contributed by atoms with Gasteiger partial charge in [0.2, 0.25) is 0 Å². The summed E-state index contributed by atoms with van der Waals surface area (Å²) in [5, 5.41) is 19.1. The van der Waals surface area contributed by atoms with Gasteiger partial charge in [-0.25, -0.2) is 0 Å². The maximum atomic E-state index is 9.69. The van der Waals surface area contributed by atoms with Crippen molar-refractivity contribution in [2.24, 2.45) is 0 Å². The van der Waals surface area contributed by atoms with Crippen LogP contribution >= 0.6 is 0 Å². The molecule has 0 unspecified atom stereocenters. The molecule has 0 aliphatic rings. The second kappa shape index (κ2) is 4.89. The van der Waals surface area contributed by atoms with Gasteiger partial charge in [-0.2, -0.15) is 0 Å². The van der Waals surface area contributed by atoms with Crippen molar-refractivity contribution in [2.45, 2.75) is 39.5 Å². The molecule has 0 spiro atoms. The van der Waals surface area contributed by atoms with Gasteiger partial charge in [-0.05, 0) is 30.9 Å². The molecule has 1 rings (SSSR count). The molecule has 0 bridgehead atoms. The topological polar surface area (TPSA) is 40.5 Å². The molecule has 0 aromatic heterocycles. The number of hydrogen-bond acceptors (Lipinski definition) is 2. The van der Waals surface area contributed by atoms with E-state index in [1.165, 1.54) is 0 Å². The van der Waals surface area contributed by atoms with Gasteiger partial charge in [0.25, 0.3) is 0 Å². The third-order valence-electron chi connectivity index (χ3n) is 2.52. The molecule has 78 valence electrons. The van der Waals surface area contributed by atoms with Crippen molar-refractivity contribution in [2.75, 3.05) is 0 Å². The van der Waals surface area contributed by atoms with Crippen molar-refractivity contribution in [1.82, 2.24) is 0 Å². The first-order valence-electron chi connectivity index (χ1n) is 5.23. The van der Waals surface area contributed by atoms with Crippen LogP contribution in [-0.2, 0) is 12.8 Å². The van der Waals surface area contributed by atoms with Gasteiger partial charge < -0.3 is 10.2 Å². The number of unbranched alkanes of at least 4 members (excludes halogenated alkanes) is 1. The summed E-state index contributed by atoms with van der Waals surface area (Å²) in [7, 11) is 0. The molecule has 1 aromatic rings. The van der Waals surface area contributed by atoms with Crippen LogP contribution in [0.3, 0.4) is 0 Å². The van der Waals surface area contributed by atoms with Gasteiger partial charge >= 0.3 is 0 Å². The van der Waals surface area contributed by atoms with Gasteiger partial charge in [0.05, 0.1) is 0 Å². The normalized spacial score (nSPS) is 10.4. The van der Waals surface area contributed by atoms with E-state index >= 15 is 0 Å². The molecule has 0 radical (unpaired) electrons. The standard InChI is InChI=1S/C12H18O2/c1-3-5-6-10-9(4-2)7-8-11(13)12(10)14/h7-8,13-14H,3-6H2,1-2H3. The number of aromatic hydroxyl groups is 2. The van der Waals surface area contributed by atoms with Gasteiger partial charge in [-0.3, -0.25) is 0 Å². The van der Waals surface area contributed by atoms with Crippen molar-refractivity contribution in [3.05, 3.63) is 23.3 Å². The molecule has 2 nitrogen and oxygen atoms in total. The van der Waals surface area contributed by atoms with Crippen LogP contribution in [0.25, 0.3) is 0 Å². The summed E-state index contributed by atoms with van der Waals surface area (Å²) in [5.74, 6) is 0.0612. The van der Waals surface area contributed by atoms with Crippen LogP contribution in [0.2, 0.25) is 0 Å². The van der Waals surface area contributed by atoms with Crippen molar-refractivity contribution < 1.29 is 10.2 Å². The van der Waals surface area contributed by atoms with E-state index in [-0.39, 0.29) is 11.5 Å². The van der Waals surface area contributed by atoms with Crippen LogP contribution in [0.5, 0.6) is 11.5 Å². The molecule has 0 saturated heterocycles. The molecule has 0 atom stereocenters. The zero-order valence-corrected chi connectivity index (χ0v) is 8.88. The Hall–Kier alpha value is -1.18. The molecule has 0 fully saturated rings. The van der Waals surface area contributed by atoms with E-state index in [1.807, 2.05) is 6.07 Å². The first-order valence-corrected chi connectivity index (χ1v) is 5.23. The lowest BCUT2D eigenvalue weighted by Crippen LogP contribution is -1.93. The van der Waals surface area contributed by atoms with Gasteiger partial charge in [0.15, 0.2) is 11.5 Å². The fourth-order valence-electron chi connectivity index (χ4n) is 1.63. The Morgan fingerprint density at radius 3 is 2.43 bits per heavy atom. The van der Waals surface area contributed by atoms with Gasteiger partial charge in [0, 0.05) is 5.56 Å². The van der Waals surface area contributed by atoms with Crippen LogP contribution in [0.1, 0.15) is 37.8 Å². The van der Waals surface area contributed by atoms with Crippen molar-refractivity contribution in [3.63, 3.8) is 0 Å². The lowest BCUT2D eigenvalue weighted by Gasteiger charge is -2.10. The average Bonchev–Trinajstić information content (AvgIpc) is 2.20. The highest BCUT2D eigenvalue weighted by molar-refractivity contribution is 5.49. The number of benzene rings is 1. The Morgan fingerprint density at radius 1 is 1.14 bits per heavy atom. The maximum Gasteiger partial charge on any atom is 0.160 e. The first-order chi connectivity index (χ1) is 6.70. The lowest BCUT2D eigenvalue weighted by molar-refractivity contribution is 0.398. The predicted octanol–water partition coefficient (Wildman–Crippen LogP) is 3.00. The Labute approximate surface area is 85.2 Å². The van der Waals surface area contributed by atoms with E-state index in [0.29, 0.717) is 0 Å². The number of phenols is 2. The van der Waals surface area contributed by atoms with Crippen molar-refractivity contribution in [3.8, 4) is 11.5 Å². The summed E-state index contributed by atoms with van der Waals surface area (Å²) in [6.45, 7) is 4.17. The Morgan fingerprint density at radius 2 is 1.86 bits per heavy atom. The smallest absolute Gasteiger partial charge is 0.160 e. The Kier molecular flexibility index (Phi) is 3.81. The molecule has 14 heavy (non-hydrogen) atoms. The summed E-state index contributed by atoms with van der Waals surface area (Å²) in [6.07, 6.45) is 3.88. The molecule has 2 N–H and O–H groups in total.